The number of hydrogen-bond acceptors (Lipinski definition) is 3. The van der Waals surface area contributed by atoms with Crippen molar-refractivity contribution in [2.75, 3.05) is 12.3 Å². The molecule has 0 unspecified atom stereocenters. The zero-order valence-corrected chi connectivity index (χ0v) is 21.2. The maximum absolute atomic E-state index is 13.8. The highest BCUT2D eigenvalue weighted by Crippen LogP contribution is 2.66. The van der Waals surface area contributed by atoms with Crippen molar-refractivity contribution in [1.29, 1.82) is 0 Å². The van der Waals surface area contributed by atoms with E-state index in [9.17, 15) is 102 Å². The molecular weight excluding hydrogens is 709 g/mol. The second-order valence-electron chi connectivity index (χ2n) is 8.46. The van der Waals surface area contributed by atoms with E-state index < -0.39 is 108 Å². The zero-order valence-electron chi connectivity index (χ0n) is 20.4. The topological polar surface area (TPSA) is 66.4 Å². The number of alkyl halides is 21. The molecule has 0 heterocycles. The lowest BCUT2D eigenvalue weighted by Gasteiger charge is -2.44. The largest absolute Gasteiger partial charge is 0.481 e. The normalized spacial score (nSPS) is 15.4. The first kappa shape index (κ1) is 41.8. The highest BCUT2D eigenvalue weighted by atomic mass is 32.2. The first-order valence-corrected chi connectivity index (χ1v) is 11.6. The number of amides is 1. The molecule has 0 spiro atoms. The predicted molar refractivity (Wildman–Crippen MR) is 103 cm³/mol. The van der Waals surface area contributed by atoms with Crippen LogP contribution in [0.5, 0.6) is 0 Å². The molecule has 0 aromatic carbocycles. The molecule has 0 bridgehead atoms. The number of rotatable bonds is 16. The molecule has 262 valence electrons. The van der Waals surface area contributed by atoms with E-state index in [-0.39, 0.29) is 12.8 Å². The van der Waals surface area contributed by atoms with Gasteiger partial charge in [0.1, 0.15) is 0 Å². The maximum atomic E-state index is 13.8. The quantitative estimate of drug-likeness (QED) is 0.124. The highest BCUT2D eigenvalue weighted by Gasteiger charge is 2.97. The Labute approximate surface area is 233 Å². The Morgan fingerprint density at radius 3 is 1.20 bits per heavy atom. The minimum absolute atomic E-state index is 0.0775. The van der Waals surface area contributed by atoms with Crippen LogP contribution in [0.3, 0.4) is 0 Å². The van der Waals surface area contributed by atoms with Crippen LogP contribution in [-0.4, -0.2) is 88.1 Å². The van der Waals surface area contributed by atoms with Crippen LogP contribution >= 0.6 is 11.8 Å². The van der Waals surface area contributed by atoms with Gasteiger partial charge in [0.2, 0.25) is 0 Å². The van der Waals surface area contributed by atoms with Gasteiger partial charge in [-0.25, -0.2) is 0 Å². The Balaban J connectivity index is 6.22. The van der Waals surface area contributed by atoms with Gasteiger partial charge in [0.15, 0.2) is 0 Å². The van der Waals surface area contributed by atoms with Crippen LogP contribution in [0.15, 0.2) is 0 Å². The molecule has 4 nitrogen and oxygen atoms in total. The van der Waals surface area contributed by atoms with Gasteiger partial charge in [-0.3, -0.25) is 9.59 Å². The van der Waals surface area contributed by atoms with Crippen molar-refractivity contribution in [2.45, 2.75) is 85.2 Å². The molecule has 0 aromatic rings. The molecule has 0 rings (SSSR count). The summed E-state index contributed by atoms with van der Waals surface area (Å²) >= 11 is -0.504. The summed E-state index contributed by atoms with van der Waals surface area (Å²) in [6, 6.07) is 0. The minimum Gasteiger partial charge on any atom is -0.481 e. The molecule has 0 fully saturated rings. The van der Waals surface area contributed by atoms with E-state index in [0.29, 0.717) is 0 Å². The van der Waals surface area contributed by atoms with Gasteiger partial charge in [-0.2, -0.15) is 92.2 Å². The third-order valence-electron chi connectivity index (χ3n) is 5.31. The second kappa shape index (κ2) is 12.5. The Kier molecular flexibility index (Phi) is 11.9. The summed E-state index contributed by atoms with van der Waals surface area (Å²) in [5.41, 5.74) is 0. The summed E-state index contributed by atoms with van der Waals surface area (Å²) in [7, 11) is 0. The summed E-state index contributed by atoms with van der Waals surface area (Å²) in [4.78, 5) is 21.6. The van der Waals surface area contributed by atoms with Gasteiger partial charge in [-0.05, 0) is 12.8 Å². The number of hydrogen-bond donors (Lipinski definition) is 2. The van der Waals surface area contributed by atoms with Gasteiger partial charge >= 0.3 is 65.4 Å². The SMILES string of the molecule is O=C(O)CCCCNC(=O)SCCC(F)(F)C(F)(F)C(F)(F)C(F)(F)C(F)(F)C(F)(F)C(F)(F)C(F)(F)C(F)(F)C(F)(F)F. The van der Waals surface area contributed by atoms with Crippen LogP contribution in [0.2, 0.25) is 0 Å². The molecule has 0 aromatic heterocycles. The molecule has 44 heavy (non-hydrogen) atoms. The minimum atomic E-state index is -9.23. The van der Waals surface area contributed by atoms with Gasteiger partial charge < -0.3 is 10.4 Å². The number of carboxylic acid groups (broad SMARTS) is 1. The van der Waals surface area contributed by atoms with E-state index >= 15 is 0 Å². The van der Waals surface area contributed by atoms with Gasteiger partial charge in [-0.15, -0.1) is 0 Å². The van der Waals surface area contributed by atoms with E-state index in [1.165, 1.54) is 0 Å². The van der Waals surface area contributed by atoms with E-state index in [1.807, 2.05) is 5.32 Å². The number of halogens is 21. The molecule has 0 saturated heterocycles. The lowest BCUT2D eigenvalue weighted by atomic mass is 9.86. The number of carboxylic acids is 1. The molecular formula is C18H14F21NO3S. The highest BCUT2D eigenvalue weighted by molar-refractivity contribution is 8.13. The average Bonchev–Trinajstić information content (AvgIpc) is 2.81. The lowest BCUT2D eigenvalue weighted by Crippen LogP contribution is -2.76. The number of unbranched alkanes of at least 4 members (excludes halogenated alkanes) is 1. The van der Waals surface area contributed by atoms with Crippen molar-refractivity contribution in [3.63, 3.8) is 0 Å². The van der Waals surface area contributed by atoms with Gasteiger partial charge in [0.05, 0.1) is 0 Å². The van der Waals surface area contributed by atoms with Crippen LogP contribution in [0.25, 0.3) is 0 Å². The standard InChI is InChI=1S/C18H14F21NO3S/c19-9(20,4-6-44-8(43)40-5-2-1-3-7(41)42)10(21,22)11(23,24)12(25,26)13(27,28)14(29,30)15(31,32)16(33,34)17(35,36)18(37,38)39/h1-6H2,(H,40,43)(H,41,42). The Hall–Kier alpha value is -2.18. The number of nitrogens with one attached hydrogen (secondary N) is 1. The monoisotopic (exact) mass is 723 g/mol. The molecule has 0 saturated carbocycles. The fourth-order valence-electron chi connectivity index (χ4n) is 2.66. The third kappa shape index (κ3) is 6.82. The third-order valence-corrected chi connectivity index (χ3v) is 6.13. The van der Waals surface area contributed by atoms with Crippen LogP contribution in [0.1, 0.15) is 25.7 Å². The first-order chi connectivity index (χ1) is 19.1. The fraction of sp³-hybridized carbons (Fsp3) is 0.889. The van der Waals surface area contributed by atoms with Gasteiger partial charge in [-0.1, -0.05) is 11.8 Å². The molecule has 26 heteroatoms. The molecule has 1 amide bonds. The first-order valence-electron chi connectivity index (χ1n) is 10.7. The summed E-state index contributed by atoms with van der Waals surface area (Å²) in [5.74, 6) is -80.6. The molecule has 0 radical (unpaired) electrons. The molecule has 0 aliphatic carbocycles. The van der Waals surface area contributed by atoms with Crippen molar-refractivity contribution in [2.24, 2.45) is 0 Å². The smallest absolute Gasteiger partial charge is 0.460 e. The van der Waals surface area contributed by atoms with Crippen LogP contribution in [0.4, 0.5) is 97.0 Å². The van der Waals surface area contributed by atoms with Gasteiger partial charge in [0, 0.05) is 25.1 Å². The van der Waals surface area contributed by atoms with E-state index in [0.717, 1.165) is 0 Å². The van der Waals surface area contributed by atoms with Gasteiger partial charge in [0.25, 0.3) is 5.24 Å². The van der Waals surface area contributed by atoms with Crippen molar-refractivity contribution in [3.8, 4) is 0 Å². The maximum Gasteiger partial charge on any atom is 0.460 e. The Morgan fingerprint density at radius 2 is 0.864 bits per heavy atom. The van der Waals surface area contributed by atoms with Crippen molar-refractivity contribution >= 4 is 23.0 Å². The number of thioether (sulfide) groups is 1. The van der Waals surface area contributed by atoms with E-state index in [1.54, 1.807) is 0 Å². The summed E-state index contributed by atoms with van der Waals surface area (Å²) in [6.07, 6.45) is -11.5. The molecule has 2 N–H and O–H groups in total. The Bertz CT molecular complexity index is 1030. The summed E-state index contributed by atoms with van der Waals surface area (Å²) < 4.78 is 280. The van der Waals surface area contributed by atoms with Crippen molar-refractivity contribution in [3.05, 3.63) is 0 Å². The number of aliphatic carboxylic acids is 1. The molecule has 0 aliphatic heterocycles. The van der Waals surface area contributed by atoms with E-state index in [2.05, 4.69) is 0 Å². The number of carbonyl (C=O) groups is 2. The van der Waals surface area contributed by atoms with Crippen LogP contribution < -0.4 is 5.32 Å². The number of carbonyl (C=O) groups excluding carboxylic acids is 1. The van der Waals surface area contributed by atoms with Crippen LogP contribution in [0, 0.1) is 0 Å². The lowest BCUT2D eigenvalue weighted by molar-refractivity contribution is -0.474. The average molecular weight is 723 g/mol. The van der Waals surface area contributed by atoms with Crippen molar-refractivity contribution in [1.82, 2.24) is 5.32 Å². The molecule has 0 atom stereocenters. The fourth-order valence-corrected chi connectivity index (χ4v) is 3.41. The zero-order chi connectivity index (χ0) is 35.8. The predicted octanol–water partition coefficient (Wildman–Crippen LogP) is 8.35. The van der Waals surface area contributed by atoms with Crippen molar-refractivity contribution < 1.29 is 107 Å². The Morgan fingerprint density at radius 1 is 0.523 bits per heavy atom. The molecule has 0 aliphatic rings. The van der Waals surface area contributed by atoms with Crippen LogP contribution in [-0.2, 0) is 4.79 Å². The van der Waals surface area contributed by atoms with E-state index in [4.69, 9.17) is 5.11 Å². The summed E-state index contributed by atoms with van der Waals surface area (Å²) in [6.45, 7) is -0.405. The summed E-state index contributed by atoms with van der Waals surface area (Å²) in [5, 5.41) is 8.73. The second-order valence-corrected chi connectivity index (χ2v) is 9.53.